The molecule has 0 heterocycles. The maximum Gasteiger partial charge on any atom is 0.119 e. The highest BCUT2D eigenvalue weighted by Gasteiger charge is 2.39. The Bertz CT molecular complexity index is 322. The molecule has 0 aromatic heterocycles. The molecule has 2 N–H and O–H groups in total. The molecule has 1 aromatic rings. The third kappa shape index (κ3) is 3.58. The maximum atomic E-state index is 5.92. The molecule has 0 aliphatic heterocycles. The van der Waals surface area contributed by atoms with Gasteiger partial charge in [0, 0.05) is 0 Å². The summed E-state index contributed by atoms with van der Waals surface area (Å²) < 4.78 is 10.9. The van der Waals surface area contributed by atoms with Crippen molar-refractivity contribution in [1.29, 1.82) is 0 Å². The van der Waals surface area contributed by atoms with Gasteiger partial charge in [-0.15, -0.1) is 12.4 Å². The minimum atomic E-state index is -0.0570. The first-order valence-electron chi connectivity index (χ1n) is 5.36. The van der Waals surface area contributed by atoms with Gasteiger partial charge in [-0.2, -0.15) is 0 Å². The fourth-order valence-corrected chi connectivity index (χ4v) is 1.33. The van der Waals surface area contributed by atoms with Gasteiger partial charge >= 0.3 is 0 Å². The highest BCUT2D eigenvalue weighted by atomic mass is 35.5. The summed E-state index contributed by atoms with van der Waals surface area (Å²) >= 11 is 0. The zero-order valence-electron chi connectivity index (χ0n) is 9.44. The molecule has 90 valence electrons. The highest BCUT2D eigenvalue weighted by molar-refractivity contribution is 5.85. The number of halogens is 1. The quantitative estimate of drug-likeness (QED) is 0.864. The molecule has 1 aliphatic carbocycles. The van der Waals surface area contributed by atoms with Crippen LogP contribution < -0.4 is 15.2 Å². The third-order valence-electron chi connectivity index (χ3n) is 2.55. The summed E-state index contributed by atoms with van der Waals surface area (Å²) in [5, 5.41) is 0. The van der Waals surface area contributed by atoms with Crippen LogP contribution in [-0.2, 0) is 0 Å². The Hall–Kier alpha value is -0.930. The molecule has 0 amide bonds. The van der Waals surface area contributed by atoms with Crippen molar-refractivity contribution in [3.63, 3.8) is 0 Å². The lowest BCUT2D eigenvalue weighted by Crippen LogP contribution is -2.29. The van der Waals surface area contributed by atoms with E-state index in [1.807, 2.05) is 31.2 Å². The van der Waals surface area contributed by atoms with Crippen LogP contribution >= 0.6 is 12.4 Å². The second-order valence-corrected chi connectivity index (χ2v) is 4.06. The summed E-state index contributed by atoms with van der Waals surface area (Å²) in [6, 6.07) is 7.65. The second kappa shape index (κ2) is 5.41. The standard InChI is InChI=1S/C12H17NO2.ClH/c1-2-14-10-3-5-11(6-4-10)15-9-12(13)7-8-12;/h3-6H,2,7-9,13H2,1H3;1H. The summed E-state index contributed by atoms with van der Waals surface area (Å²) in [6.07, 6.45) is 2.15. The van der Waals surface area contributed by atoms with Crippen LogP contribution in [0.3, 0.4) is 0 Å². The predicted molar refractivity (Wildman–Crippen MR) is 66.5 cm³/mol. The van der Waals surface area contributed by atoms with Crippen molar-refractivity contribution >= 4 is 12.4 Å². The van der Waals surface area contributed by atoms with Crippen molar-refractivity contribution in [2.24, 2.45) is 5.73 Å². The first-order valence-corrected chi connectivity index (χ1v) is 5.36. The van der Waals surface area contributed by atoms with E-state index < -0.39 is 0 Å². The molecule has 0 bridgehead atoms. The summed E-state index contributed by atoms with van der Waals surface area (Å²) in [5.74, 6) is 1.73. The van der Waals surface area contributed by atoms with Crippen molar-refractivity contribution in [3.05, 3.63) is 24.3 Å². The van der Waals surface area contributed by atoms with Gasteiger partial charge in [-0.25, -0.2) is 0 Å². The highest BCUT2D eigenvalue weighted by Crippen LogP contribution is 2.32. The summed E-state index contributed by atoms with van der Waals surface area (Å²) in [5.41, 5.74) is 5.87. The van der Waals surface area contributed by atoms with E-state index >= 15 is 0 Å². The van der Waals surface area contributed by atoms with Gasteiger partial charge in [0.05, 0.1) is 12.1 Å². The van der Waals surface area contributed by atoms with E-state index in [-0.39, 0.29) is 17.9 Å². The molecule has 2 rings (SSSR count). The largest absolute Gasteiger partial charge is 0.494 e. The minimum absolute atomic E-state index is 0. The van der Waals surface area contributed by atoms with Gasteiger partial charge in [0.2, 0.25) is 0 Å². The normalized spacial score (nSPS) is 16.1. The molecule has 0 atom stereocenters. The zero-order valence-corrected chi connectivity index (χ0v) is 10.3. The second-order valence-electron chi connectivity index (χ2n) is 4.06. The Kier molecular flexibility index (Phi) is 4.44. The van der Waals surface area contributed by atoms with Crippen LogP contribution in [0.2, 0.25) is 0 Å². The molecule has 1 aliphatic rings. The topological polar surface area (TPSA) is 44.5 Å². The fourth-order valence-electron chi connectivity index (χ4n) is 1.33. The first-order chi connectivity index (χ1) is 7.22. The molecule has 0 radical (unpaired) electrons. The summed E-state index contributed by atoms with van der Waals surface area (Å²) in [6.45, 7) is 3.27. The first kappa shape index (κ1) is 13.1. The minimum Gasteiger partial charge on any atom is -0.494 e. The van der Waals surface area contributed by atoms with Gasteiger partial charge in [-0.1, -0.05) is 0 Å². The third-order valence-corrected chi connectivity index (χ3v) is 2.55. The van der Waals surface area contributed by atoms with Gasteiger partial charge in [-0.3, -0.25) is 0 Å². The van der Waals surface area contributed by atoms with Crippen LogP contribution in [0.5, 0.6) is 11.5 Å². The van der Waals surface area contributed by atoms with Crippen LogP contribution in [0.25, 0.3) is 0 Å². The van der Waals surface area contributed by atoms with Gasteiger partial charge in [0.15, 0.2) is 0 Å². The Morgan fingerprint density at radius 1 is 1.12 bits per heavy atom. The van der Waals surface area contributed by atoms with E-state index in [9.17, 15) is 0 Å². The SMILES string of the molecule is CCOc1ccc(OCC2(N)CC2)cc1.Cl. The van der Waals surface area contributed by atoms with Crippen molar-refractivity contribution in [2.75, 3.05) is 13.2 Å². The number of rotatable bonds is 5. The molecule has 0 saturated heterocycles. The van der Waals surface area contributed by atoms with Gasteiger partial charge in [0.1, 0.15) is 18.1 Å². The molecule has 0 spiro atoms. The lowest BCUT2D eigenvalue weighted by molar-refractivity contribution is 0.278. The van der Waals surface area contributed by atoms with Gasteiger partial charge in [0.25, 0.3) is 0 Å². The molecule has 0 unspecified atom stereocenters. The monoisotopic (exact) mass is 243 g/mol. The molecular formula is C12H18ClNO2. The molecule has 4 heteroatoms. The van der Waals surface area contributed by atoms with Crippen LogP contribution in [-0.4, -0.2) is 18.8 Å². The number of benzene rings is 1. The Labute approximate surface area is 102 Å². The lowest BCUT2D eigenvalue weighted by atomic mass is 10.3. The van der Waals surface area contributed by atoms with Crippen LogP contribution in [0.1, 0.15) is 19.8 Å². The number of ether oxygens (including phenoxy) is 2. The number of nitrogens with two attached hydrogens (primary N) is 1. The molecule has 3 nitrogen and oxygen atoms in total. The summed E-state index contributed by atoms with van der Waals surface area (Å²) in [4.78, 5) is 0. The van der Waals surface area contributed by atoms with Crippen LogP contribution in [0.4, 0.5) is 0 Å². The number of hydrogen-bond donors (Lipinski definition) is 1. The summed E-state index contributed by atoms with van der Waals surface area (Å²) in [7, 11) is 0. The van der Waals surface area contributed by atoms with E-state index in [1.165, 1.54) is 0 Å². The Morgan fingerprint density at radius 2 is 1.62 bits per heavy atom. The number of hydrogen-bond acceptors (Lipinski definition) is 3. The van der Waals surface area contributed by atoms with E-state index in [1.54, 1.807) is 0 Å². The molecule has 1 saturated carbocycles. The molecule has 1 fully saturated rings. The average molecular weight is 244 g/mol. The van der Waals surface area contributed by atoms with Gasteiger partial charge in [-0.05, 0) is 44.0 Å². The Morgan fingerprint density at radius 3 is 2.06 bits per heavy atom. The smallest absolute Gasteiger partial charge is 0.119 e. The van der Waals surface area contributed by atoms with E-state index in [2.05, 4.69) is 0 Å². The Balaban J connectivity index is 0.00000128. The van der Waals surface area contributed by atoms with Crippen LogP contribution in [0, 0.1) is 0 Å². The van der Waals surface area contributed by atoms with Crippen molar-refractivity contribution < 1.29 is 9.47 Å². The van der Waals surface area contributed by atoms with Crippen molar-refractivity contribution in [2.45, 2.75) is 25.3 Å². The average Bonchev–Trinajstić information content (AvgIpc) is 2.97. The maximum absolute atomic E-state index is 5.92. The van der Waals surface area contributed by atoms with Crippen LogP contribution in [0.15, 0.2) is 24.3 Å². The van der Waals surface area contributed by atoms with E-state index in [0.717, 1.165) is 24.3 Å². The van der Waals surface area contributed by atoms with Crippen molar-refractivity contribution in [3.8, 4) is 11.5 Å². The van der Waals surface area contributed by atoms with E-state index in [0.29, 0.717) is 13.2 Å². The molecule has 1 aromatic carbocycles. The zero-order chi connectivity index (χ0) is 10.7. The molecular weight excluding hydrogens is 226 g/mol. The lowest BCUT2D eigenvalue weighted by Gasteiger charge is -2.11. The van der Waals surface area contributed by atoms with E-state index in [4.69, 9.17) is 15.2 Å². The fraction of sp³-hybridized carbons (Fsp3) is 0.500. The van der Waals surface area contributed by atoms with Crippen molar-refractivity contribution in [1.82, 2.24) is 0 Å². The molecule has 16 heavy (non-hydrogen) atoms. The predicted octanol–water partition coefficient (Wildman–Crippen LogP) is 2.38. The van der Waals surface area contributed by atoms with Gasteiger partial charge < -0.3 is 15.2 Å².